The van der Waals surface area contributed by atoms with Gasteiger partial charge in [-0.05, 0) is 40.2 Å². The van der Waals surface area contributed by atoms with E-state index in [4.69, 9.17) is 0 Å². The number of phenols is 1. The zero-order chi connectivity index (χ0) is 17.8. The molecule has 3 rings (SSSR count). The molecule has 6 nitrogen and oxygen atoms in total. The molecular formula is C17H14Br2N4O2. The van der Waals surface area contributed by atoms with Crippen LogP contribution >= 0.6 is 31.9 Å². The summed E-state index contributed by atoms with van der Waals surface area (Å²) >= 11 is 6.58. The van der Waals surface area contributed by atoms with Gasteiger partial charge in [0.2, 0.25) is 5.91 Å². The highest BCUT2D eigenvalue weighted by Crippen LogP contribution is 2.30. The third-order valence-electron chi connectivity index (χ3n) is 3.48. The van der Waals surface area contributed by atoms with Crippen LogP contribution < -0.4 is 5.43 Å². The third kappa shape index (κ3) is 4.46. The second-order valence-electron chi connectivity index (χ2n) is 5.32. The number of halogens is 2. The Kier molecular flexibility index (Phi) is 5.50. The van der Waals surface area contributed by atoms with Gasteiger partial charge >= 0.3 is 0 Å². The lowest BCUT2D eigenvalue weighted by Crippen LogP contribution is -2.18. The molecule has 0 radical (unpaired) electrons. The van der Waals surface area contributed by atoms with Crippen LogP contribution in [-0.2, 0) is 11.2 Å². The van der Waals surface area contributed by atoms with E-state index in [0.717, 1.165) is 21.3 Å². The van der Waals surface area contributed by atoms with E-state index in [1.54, 1.807) is 12.1 Å². The van der Waals surface area contributed by atoms with Crippen molar-refractivity contribution in [3.05, 3.63) is 56.7 Å². The highest BCUT2D eigenvalue weighted by atomic mass is 79.9. The molecule has 0 atom stereocenters. The molecule has 1 aromatic heterocycles. The SMILES string of the molecule is O=C(CCc1nc2ccccc2[nH]1)NN=Cc1cc(Br)cc(Br)c1O. The van der Waals surface area contributed by atoms with Crippen molar-refractivity contribution in [1.29, 1.82) is 0 Å². The van der Waals surface area contributed by atoms with Crippen molar-refractivity contribution >= 4 is 55.0 Å². The number of hydrazone groups is 1. The first-order valence-electron chi connectivity index (χ1n) is 7.46. The Balaban J connectivity index is 1.56. The minimum Gasteiger partial charge on any atom is -0.506 e. The number of aromatic amines is 1. The van der Waals surface area contributed by atoms with E-state index in [0.29, 0.717) is 16.5 Å². The van der Waals surface area contributed by atoms with Crippen molar-refractivity contribution < 1.29 is 9.90 Å². The number of rotatable bonds is 5. The molecule has 0 spiro atoms. The fourth-order valence-corrected chi connectivity index (χ4v) is 3.53. The van der Waals surface area contributed by atoms with Crippen molar-refractivity contribution in [2.24, 2.45) is 5.10 Å². The summed E-state index contributed by atoms with van der Waals surface area (Å²) in [5, 5.41) is 13.8. The van der Waals surface area contributed by atoms with Gasteiger partial charge in [0.1, 0.15) is 11.6 Å². The molecular weight excluding hydrogens is 452 g/mol. The van der Waals surface area contributed by atoms with Gasteiger partial charge in [-0.25, -0.2) is 10.4 Å². The Hall–Kier alpha value is -2.19. The fraction of sp³-hybridized carbons (Fsp3) is 0.118. The lowest BCUT2D eigenvalue weighted by molar-refractivity contribution is -0.121. The topological polar surface area (TPSA) is 90.4 Å². The Morgan fingerprint density at radius 3 is 2.92 bits per heavy atom. The number of benzene rings is 2. The van der Waals surface area contributed by atoms with E-state index in [2.05, 4.69) is 52.4 Å². The van der Waals surface area contributed by atoms with Crippen LogP contribution in [0.4, 0.5) is 0 Å². The number of imidazole rings is 1. The standard InChI is InChI=1S/C17H14Br2N4O2/c18-11-7-10(17(25)12(19)8-11)9-20-23-16(24)6-5-15-21-13-3-1-2-4-14(13)22-15/h1-4,7-9,25H,5-6H2,(H,21,22)(H,23,24). The highest BCUT2D eigenvalue weighted by Gasteiger charge is 2.07. The fourth-order valence-electron chi connectivity index (χ4n) is 2.27. The number of hydrogen-bond donors (Lipinski definition) is 3. The molecule has 0 bridgehead atoms. The van der Waals surface area contributed by atoms with Gasteiger partial charge in [0.05, 0.1) is 21.7 Å². The number of fused-ring (bicyclic) bond motifs is 1. The summed E-state index contributed by atoms with van der Waals surface area (Å²) in [6, 6.07) is 11.1. The highest BCUT2D eigenvalue weighted by molar-refractivity contribution is 9.11. The van der Waals surface area contributed by atoms with Gasteiger partial charge in [0.25, 0.3) is 0 Å². The molecule has 128 valence electrons. The summed E-state index contributed by atoms with van der Waals surface area (Å²) in [5.41, 5.74) is 4.77. The molecule has 8 heteroatoms. The second-order valence-corrected chi connectivity index (χ2v) is 7.09. The molecule has 0 saturated carbocycles. The molecule has 1 amide bonds. The summed E-state index contributed by atoms with van der Waals surface area (Å²) in [6.07, 6.45) is 2.14. The molecule has 3 N–H and O–H groups in total. The second kappa shape index (κ2) is 7.79. The summed E-state index contributed by atoms with van der Waals surface area (Å²) in [4.78, 5) is 19.5. The Morgan fingerprint density at radius 1 is 1.32 bits per heavy atom. The monoisotopic (exact) mass is 464 g/mol. The quantitative estimate of drug-likeness (QED) is 0.394. The molecule has 0 aliphatic carbocycles. The number of carbonyl (C=O) groups is 1. The smallest absolute Gasteiger partial charge is 0.240 e. The zero-order valence-electron chi connectivity index (χ0n) is 13.0. The Labute approximate surface area is 160 Å². The normalized spacial score (nSPS) is 11.3. The van der Waals surface area contributed by atoms with E-state index in [9.17, 15) is 9.90 Å². The van der Waals surface area contributed by atoms with Crippen molar-refractivity contribution in [3.63, 3.8) is 0 Å². The van der Waals surface area contributed by atoms with Gasteiger partial charge in [-0.3, -0.25) is 4.79 Å². The number of carbonyl (C=O) groups excluding carboxylic acids is 1. The molecule has 0 aliphatic heterocycles. The van der Waals surface area contributed by atoms with Crippen LogP contribution in [0, 0.1) is 0 Å². The van der Waals surface area contributed by atoms with Gasteiger partial charge in [-0.15, -0.1) is 0 Å². The minimum atomic E-state index is -0.231. The number of phenolic OH excluding ortho intramolecular Hbond substituents is 1. The van der Waals surface area contributed by atoms with E-state index in [1.807, 2.05) is 24.3 Å². The number of aromatic nitrogens is 2. The summed E-state index contributed by atoms with van der Waals surface area (Å²) in [5.74, 6) is 0.586. The summed E-state index contributed by atoms with van der Waals surface area (Å²) < 4.78 is 1.33. The van der Waals surface area contributed by atoms with Crippen molar-refractivity contribution in [3.8, 4) is 5.75 Å². The van der Waals surface area contributed by atoms with Crippen molar-refractivity contribution in [2.45, 2.75) is 12.8 Å². The predicted octanol–water partition coefficient (Wildman–Crippen LogP) is 3.88. The molecule has 0 fully saturated rings. The van der Waals surface area contributed by atoms with E-state index in [1.165, 1.54) is 6.21 Å². The van der Waals surface area contributed by atoms with Crippen LogP contribution in [0.3, 0.4) is 0 Å². The van der Waals surface area contributed by atoms with Crippen LogP contribution in [0.15, 0.2) is 50.4 Å². The number of nitrogens with one attached hydrogen (secondary N) is 2. The molecule has 3 aromatic rings. The number of hydrogen-bond acceptors (Lipinski definition) is 4. The van der Waals surface area contributed by atoms with Gasteiger partial charge in [0.15, 0.2) is 0 Å². The molecule has 0 aliphatic rings. The lowest BCUT2D eigenvalue weighted by atomic mass is 10.2. The van der Waals surface area contributed by atoms with E-state index in [-0.39, 0.29) is 18.1 Å². The first-order valence-corrected chi connectivity index (χ1v) is 9.05. The number of amides is 1. The van der Waals surface area contributed by atoms with Gasteiger partial charge in [-0.1, -0.05) is 28.1 Å². The third-order valence-corrected chi connectivity index (χ3v) is 4.54. The lowest BCUT2D eigenvalue weighted by Gasteiger charge is -2.03. The molecule has 2 aromatic carbocycles. The van der Waals surface area contributed by atoms with Crippen LogP contribution in [0.5, 0.6) is 5.75 Å². The summed E-state index contributed by atoms with van der Waals surface area (Å²) in [6.45, 7) is 0. The van der Waals surface area contributed by atoms with Crippen LogP contribution in [0.25, 0.3) is 11.0 Å². The van der Waals surface area contributed by atoms with Gasteiger partial charge in [-0.2, -0.15) is 5.10 Å². The molecule has 25 heavy (non-hydrogen) atoms. The molecule has 0 saturated heterocycles. The predicted molar refractivity (Wildman–Crippen MR) is 104 cm³/mol. The van der Waals surface area contributed by atoms with Gasteiger partial charge < -0.3 is 10.1 Å². The zero-order valence-corrected chi connectivity index (χ0v) is 16.1. The largest absolute Gasteiger partial charge is 0.506 e. The average Bonchev–Trinajstić information content (AvgIpc) is 3.00. The van der Waals surface area contributed by atoms with E-state index >= 15 is 0 Å². The molecule has 1 heterocycles. The number of nitrogens with zero attached hydrogens (tertiary/aromatic N) is 2. The maximum Gasteiger partial charge on any atom is 0.240 e. The first-order chi connectivity index (χ1) is 12.0. The van der Waals surface area contributed by atoms with Gasteiger partial charge in [0, 0.05) is 22.9 Å². The van der Waals surface area contributed by atoms with E-state index < -0.39 is 0 Å². The summed E-state index contributed by atoms with van der Waals surface area (Å²) in [7, 11) is 0. The van der Waals surface area contributed by atoms with Crippen molar-refractivity contribution in [1.82, 2.24) is 15.4 Å². The maximum atomic E-state index is 11.9. The number of para-hydroxylation sites is 2. The van der Waals surface area contributed by atoms with Crippen LogP contribution in [-0.4, -0.2) is 27.2 Å². The van der Waals surface area contributed by atoms with Crippen LogP contribution in [0.2, 0.25) is 0 Å². The Morgan fingerprint density at radius 2 is 2.12 bits per heavy atom. The number of aromatic hydroxyl groups is 1. The van der Waals surface area contributed by atoms with Crippen LogP contribution in [0.1, 0.15) is 17.8 Å². The Bertz CT molecular complexity index is 920. The number of H-pyrrole nitrogens is 1. The minimum absolute atomic E-state index is 0.0588. The molecule has 0 unspecified atom stereocenters. The number of aryl methyl sites for hydroxylation is 1. The average molecular weight is 466 g/mol. The maximum absolute atomic E-state index is 11.9. The van der Waals surface area contributed by atoms with Crippen molar-refractivity contribution in [2.75, 3.05) is 0 Å². The first kappa shape index (κ1) is 17.6.